The van der Waals surface area contributed by atoms with E-state index in [1.807, 2.05) is 48.5 Å². The van der Waals surface area contributed by atoms with E-state index in [9.17, 15) is 0 Å². The van der Waals surface area contributed by atoms with E-state index in [2.05, 4.69) is 434 Å². The van der Waals surface area contributed by atoms with Crippen molar-refractivity contribution in [3.63, 3.8) is 0 Å². The molecular formula is C126H78N10. The van der Waals surface area contributed by atoms with Gasteiger partial charge in [-0.2, -0.15) is 0 Å². The quantitative estimate of drug-likeness (QED) is 0.105. The van der Waals surface area contributed by atoms with E-state index in [0.717, 1.165) is 145 Å². The predicted octanol–water partition coefficient (Wildman–Crippen LogP) is 32.3. The lowest BCUT2D eigenvalue weighted by molar-refractivity contribution is 1.07. The second-order valence-corrected chi connectivity index (χ2v) is 34.7. The summed E-state index contributed by atoms with van der Waals surface area (Å²) >= 11 is 0. The maximum Gasteiger partial charge on any atom is 0.164 e. The van der Waals surface area contributed by atoms with Gasteiger partial charge in [0.1, 0.15) is 0 Å². The maximum absolute atomic E-state index is 5.37. The molecule has 21 aromatic carbocycles. The van der Waals surface area contributed by atoms with Crippen molar-refractivity contribution >= 4 is 130 Å². The first-order valence-corrected chi connectivity index (χ1v) is 46.0. The molecule has 632 valence electrons. The molecule has 10 heteroatoms. The van der Waals surface area contributed by atoms with Crippen LogP contribution >= 0.6 is 0 Å². The van der Waals surface area contributed by atoms with Crippen molar-refractivity contribution < 1.29 is 0 Å². The molecule has 0 spiro atoms. The SMILES string of the molecule is c1ccc(-c2nc(-c3ccc(-c4ccc(-c5nc6ccccc6c6c7ccccc7n(-c7ccccc7)c56)cc4)cc3)nc(-c3ccc(-c4ccc5c6ccccc6c6ccccc6c5c4)cc3)n2)cc1.c1ccc(-c2nc(-c3ccc(-c4ccc(-c5nc6ccccc6c6c7ccccc7n(-c7ccccc7)c56)cc4)cc3)nc(-c3ccc4c5ccccc5c5ccccc5c4c3)n2)cc1. The van der Waals surface area contributed by atoms with Crippen LogP contribution < -0.4 is 0 Å². The Balaban J connectivity index is 0.000000142. The maximum atomic E-state index is 5.37. The summed E-state index contributed by atoms with van der Waals surface area (Å²) in [6, 6.07) is 167. The average molecular weight is 1730 g/mol. The standard InChI is InChI=1S/C66H41N5.C60H37N5/c1-3-15-46(16-4-1)64-68-65(70-66(69-64)48-37-31-44(32-38-48)49-39-40-55-53-21-8-7-19-51(53)52-20-9-10-22-54(52)58(55)41-49)47-35-29-43(30-36-47)42-27-33-45(34-28-42)62-63-61(56-23-11-13-25-59(56)67-62)57-24-12-14-26-60(57)71(63)50-17-5-2-6-18-50;1-3-15-41(16-4-1)58-62-59(64-60(63-58)43-35-36-49-47-21-8-7-19-45(47)46-20-9-10-22-48(46)52(49)37-43)42-33-29-39(30-34-42)38-27-31-40(32-28-38)56-57-55(50-23-11-13-25-53(50)61-56)51-24-12-14-26-54(51)65(57)44-17-5-2-6-18-44/h1-41H;1-37H. The van der Waals surface area contributed by atoms with Crippen LogP contribution in [0.1, 0.15) is 0 Å². The molecule has 0 bridgehead atoms. The van der Waals surface area contributed by atoms with Crippen molar-refractivity contribution in [1.29, 1.82) is 0 Å². The highest BCUT2D eigenvalue weighted by Gasteiger charge is 2.26. The van der Waals surface area contributed by atoms with Gasteiger partial charge in [-0.25, -0.2) is 39.9 Å². The Morgan fingerprint density at radius 2 is 0.346 bits per heavy atom. The van der Waals surface area contributed by atoms with E-state index in [-0.39, 0.29) is 0 Å². The van der Waals surface area contributed by atoms with Crippen LogP contribution in [0, 0.1) is 0 Å². The molecule has 0 atom stereocenters. The van der Waals surface area contributed by atoms with Crippen LogP contribution in [0.2, 0.25) is 0 Å². The molecule has 0 aliphatic carbocycles. The van der Waals surface area contributed by atoms with Gasteiger partial charge in [0, 0.05) is 88.2 Å². The molecule has 0 aliphatic heterocycles. The number of pyridine rings is 2. The predicted molar refractivity (Wildman–Crippen MR) is 564 cm³/mol. The van der Waals surface area contributed by atoms with Gasteiger partial charge in [0.2, 0.25) is 0 Å². The van der Waals surface area contributed by atoms with Crippen LogP contribution in [-0.2, 0) is 0 Å². The topological polar surface area (TPSA) is 113 Å². The van der Waals surface area contributed by atoms with E-state index in [1.54, 1.807) is 0 Å². The Morgan fingerprint density at radius 3 is 0.676 bits per heavy atom. The third-order valence-electron chi connectivity index (χ3n) is 26.9. The van der Waals surface area contributed by atoms with E-state index in [4.69, 9.17) is 39.9 Å². The van der Waals surface area contributed by atoms with Crippen LogP contribution in [-0.4, -0.2) is 49.0 Å². The Kier molecular flexibility index (Phi) is 19.0. The van der Waals surface area contributed by atoms with Gasteiger partial charge in [-0.05, 0) is 159 Å². The minimum atomic E-state index is 0.619. The fourth-order valence-corrected chi connectivity index (χ4v) is 20.4. The summed E-state index contributed by atoms with van der Waals surface area (Å²) in [5.74, 6) is 3.77. The van der Waals surface area contributed by atoms with Gasteiger partial charge in [0.05, 0.1) is 44.5 Å². The van der Waals surface area contributed by atoms with Crippen LogP contribution in [0.5, 0.6) is 0 Å². The smallest absolute Gasteiger partial charge is 0.164 e. The number of para-hydroxylation sites is 6. The summed E-state index contributed by atoms with van der Waals surface area (Å²) < 4.78 is 4.73. The third kappa shape index (κ3) is 13.6. The Hall–Kier alpha value is -18.4. The second-order valence-electron chi connectivity index (χ2n) is 34.7. The van der Waals surface area contributed by atoms with Crippen molar-refractivity contribution in [2.75, 3.05) is 0 Å². The summed E-state index contributed by atoms with van der Waals surface area (Å²) in [5.41, 5.74) is 25.0. The molecule has 10 nitrogen and oxygen atoms in total. The fourth-order valence-electron chi connectivity index (χ4n) is 20.4. The summed E-state index contributed by atoms with van der Waals surface area (Å²) in [4.78, 5) is 41.2. The zero-order valence-electron chi connectivity index (χ0n) is 73.5. The number of hydrogen-bond donors (Lipinski definition) is 0. The van der Waals surface area contributed by atoms with Gasteiger partial charge in [0.25, 0.3) is 0 Å². The van der Waals surface area contributed by atoms with E-state index in [0.29, 0.717) is 34.9 Å². The zero-order chi connectivity index (χ0) is 89.7. The Bertz CT molecular complexity index is 9350. The highest BCUT2D eigenvalue weighted by molar-refractivity contribution is 6.29. The molecule has 27 rings (SSSR count). The summed E-state index contributed by atoms with van der Waals surface area (Å²) in [6.45, 7) is 0. The summed E-state index contributed by atoms with van der Waals surface area (Å²) in [6.07, 6.45) is 0. The molecule has 27 aromatic rings. The number of nitrogens with zero attached hydrogens (tertiary/aromatic N) is 10. The first kappa shape index (κ1) is 78.6. The molecular weight excluding hydrogens is 1650 g/mol. The second kappa shape index (κ2) is 32.9. The summed E-state index contributed by atoms with van der Waals surface area (Å²) in [5, 5.41) is 22.1. The first-order chi connectivity index (χ1) is 67.4. The number of fused-ring (bicyclic) bond motifs is 22. The molecule has 6 heterocycles. The number of benzene rings is 21. The van der Waals surface area contributed by atoms with Gasteiger partial charge in [-0.3, -0.25) is 0 Å². The monoisotopic (exact) mass is 1730 g/mol. The number of hydrogen-bond acceptors (Lipinski definition) is 8. The van der Waals surface area contributed by atoms with Gasteiger partial charge in [0.15, 0.2) is 34.9 Å². The van der Waals surface area contributed by atoms with Crippen LogP contribution in [0.3, 0.4) is 0 Å². The fraction of sp³-hybridized carbons (Fsp3) is 0. The Morgan fingerprint density at radius 1 is 0.132 bits per heavy atom. The molecule has 0 radical (unpaired) electrons. The lowest BCUT2D eigenvalue weighted by Crippen LogP contribution is -2.00. The summed E-state index contributed by atoms with van der Waals surface area (Å²) in [7, 11) is 0. The minimum Gasteiger partial charge on any atom is -0.307 e. The zero-order valence-corrected chi connectivity index (χ0v) is 73.5. The van der Waals surface area contributed by atoms with E-state index < -0.39 is 0 Å². The van der Waals surface area contributed by atoms with Gasteiger partial charge >= 0.3 is 0 Å². The first-order valence-electron chi connectivity index (χ1n) is 46.0. The molecule has 0 amide bonds. The van der Waals surface area contributed by atoms with Gasteiger partial charge in [-0.1, -0.05) is 413 Å². The highest BCUT2D eigenvalue weighted by atomic mass is 15.1. The van der Waals surface area contributed by atoms with Crippen molar-refractivity contribution in [3.05, 3.63) is 473 Å². The minimum absolute atomic E-state index is 0.619. The largest absolute Gasteiger partial charge is 0.307 e. The molecule has 0 saturated heterocycles. The third-order valence-corrected chi connectivity index (χ3v) is 26.9. The Labute approximate surface area is 782 Å². The number of rotatable bonds is 13. The lowest BCUT2D eigenvalue weighted by Gasteiger charge is -2.13. The van der Waals surface area contributed by atoms with Crippen molar-refractivity contribution in [3.8, 4) is 136 Å². The molecule has 0 aliphatic rings. The molecule has 0 saturated carbocycles. The van der Waals surface area contributed by atoms with Crippen molar-refractivity contribution in [2.24, 2.45) is 0 Å². The lowest BCUT2D eigenvalue weighted by atomic mass is 9.92. The number of aromatic nitrogens is 10. The highest BCUT2D eigenvalue weighted by Crippen LogP contribution is 2.47. The van der Waals surface area contributed by atoms with Crippen LogP contribution in [0.4, 0.5) is 0 Å². The molecule has 6 aromatic heterocycles. The molecule has 0 unspecified atom stereocenters. The van der Waals surface area contributed by atoms with Crippen LogP contribution in [0.15, 0.2) is 473 Å². The molecule has 136 heavy (non-hydrogen) atoms. The van der Waals surface area contributed by atoms with E-state index >= 15 is 0 Å². The van der Waals surface area contributed by atoms with Gasteiger partial charge < -0.3 is 9.13 Å². The normalized spacial score (nSPS) is 11.7. The van der Waals surface area contributed by atoms with Crippen LogP contribution in [0.25, 0.3) is 266 Å². The molecule has 0 N–H and O–H groups in total. The average Bonchev–Trinajstić information content (AvgIpc) is 1.68. The van der Waals surface area contributed by atoms with Gasteiger partial charge in [-0.15, -0.1) is 0 Å². The molecule has 0 fully saturated rings. The van der Waals surface area contributed by atoms with Crippen molar-refractivity contribution in [1.82, 2.24) is 49.0 Å². The van der Waals surface area contributed by atoms with Crippen molar-refractivity contribution in [2.45, 2.75) is 0 Å². The van der Waals surface area contributed by atoms with E-state index in [1.165, 1.54) is 86.2 Å².